The molecule has 0 aliphatic carbocycles. The molecule has 0 unspecified atom stereocenters. The van der Waals surface area contributed by atoms with Crippen LogP contribution >= 0.6 is 23.2 Å². The topological polar surface area (TPSA) is 66.5 Å². The number of anilines is 2. The number of nitrogens with zero attached hydrogens (tertiary/aromatic N) is 1. The summed E-state index contributed by atoms with van der Waals surface area (Å²) < 4.78 is 40.7. The molecule has 3 rings (SSSR count). The van der Waals surface area contributed by atoms with Gasteiger partial charge in [-0.1, -0.05) is 47.0 Å². The van der Waals surface area contributed by atoms with Gasteiger partial charge in [0.25, 0.3) is 10.0 Å². The molecule has 0 aliphatic heterocycles. The van der Waals surface area contributed by atoms with E-state index in [4.69, 9.17) is 23.2 Å². The van der Waals surface area contributed by atoms with Crippen LogP contribution in [0.2, 0.25) is 10.0 Å². The number of hydrogen-bond acceptors (Lipinski definition) is 3. The molecule has 0 atom stereocenters. The lowest BCUT2D eigenvalue weighted by Crippen LogP contribution is -2.38. The average molecular weight is 467 g/mol. The molecule has 3 aromatic carbocycles. The number of carbonyl (C=O) groups excluding carboxylic acids is 1. The smallest absolute Gasteiger partial charge is 0.264 e. The fourth-order valence-electron chi connectivity index (χ4n) is 2.68. The number of rotatable bonds is 6. The van der Waals surface area contributed by atoms with Gasteiger partial charge in [-0.25, -0.2) is 12.8 Å². The summed E-state index contributed by atoms with van der Waals surface area (Å²) in [5.74, 6) is -1.19. The lowest BCUT2D eigenvalue weighted by molar-refractivity contribution is -0.114. The van der Waals surface area contributed by atoms with Gasteiger partial charge in [-0.15, -0.1) is 0 Å². The second-order valence-electron chi connectivity index (χ2n) is 6.45. The summed E-state index contributed by atoms with van der Waals surface area (Å²) in [5.41, 5.74) is 1.47. The predicted octanol–water partition coefficient (Wildman–Crippen LogP) is 5.27. The Morgan fingerprint density at radius 3 is 2.27 bits per heavy atom. The molecule has 3 aromatic rings. The zero-order valence-corrected chi connectivity index (χ0v) is 18.1. The van der Waals surface area contributed by atoms with Gasteiger partial charge in [-0.2, -0.15) is 0 Å². The minimum absolute atomic E-state index is 0.141. The quantitative estimate of drug-likeness (QED) is 0.537. The van der Waals surface area contributed by atoms with Crippen LogP contribution in [0.3, 0.4) is 0 Å². The van der Waals surface area contributed by atoms with E-state index >= 15 is 0 Å². The normalized spacial score (nSPS) is 11.2. The van der Waals surface area contributed by atoms with Crippen LogP contribution in [-0.2, 0) is 14.8 Å². The first kappa shape index (κ1) is 22.1. The van der Waals surface area contributed by atoms with Gasteiger partial charge in [-0.05, 0) is 55.5 Å². The summed E-state index contributed by atoms with van der Waals surface area (Å²) in [6.07, 6.45) is 0. The van der Waals surface area contributed by atoms with Crippen LogP contribution in [0.4, 0.5) is 15.8 Å². The fourth-order valence-corrected chi connectivity index (χ4v) is 4.45. The van der Waals surface area contributed by atoms with Crippen molar-refractivity contribution in [2.24, 2.45) is 0 Å². The predicted molar refractivity (Wildman–Crippen MR) is 117 cm³/mol. The van der Waals surface area contributed by atoms with Gasteiger partial charge < -0.3 is 5.32 Å². The van der Waals surface area contributed by atoms with E-state index in [0.717, 1.165) is 34.1 Å². The Hall–Kier alpha value is -2.61. The third-order valence-corrected chi connectivity index (χ3v) is 6.84. The van der Waals surface area contributed by atoms with Crippen molar-refractivity contribution >= 4 is 50.5 Å². The molecule has 5 nitrogen and oxygen atoms in total. The lowest BCUT2D eigenvalue weighted by atomic mass is 10.2. The molecule has 0 spiro atoms. The maximum atomic E-state index is 13.3. The Labute approximate surface area is 184 Å². The van der Waals surface area contributed by atoms with Crippen LogP contribution in [0.15, 0.2) is 71.6 Å². The minimum Gasteiger partial charge on any atom is -0.323 e. The molecule has 0 aromatic heterocycles. The van der Waals surface area contributed by atoms with Gasteiger partial charge in [0.2, 0.25) is 5.91 Å². The first-order chi connectivity index (χ1) is 14.2. The van der Waals surface area contributed by atoms with Crippen LogP contribution in [0.5, 0.6) is 0 Å². The van der Waals surface area contributed by atoms with Crippen molar-refractivity contribution in [3.05, 3.63) is 88.2 Å². The highest BCUT2D eigenvalue weighted by Crippen LogP contribution is 2.30. The van der Waals surface area contributed by atoms with E-state index < -0.39 is 28.3 Å². The molecule has 156 valence electrons. The van der Waals surface area contributed by atoms with E-state index in [0.29, 0.717) is 0 Å². The summed E-state index contributed by atoms with van der Waals surface area (Å²) in [6, 6.07) is 15.8. The highest BCUT2D eigenvalue weighted by Gasteiger charge is 2.27. The Balaban J connectivity index is 1.95. The number of halogens is 3. The van der Waals surface area contributed by atoms with Crippen LogP contribution in [0, 0.1) is 12.7 Å². The van der Waals surface area contributed by atoms with Crippen LogP contribution in [-0.4, -0.2) is 20.9 Å². The third kappa shape index (κ3) is 4.92. The van der Waals surface area contributed by atoms with Crippen LogP contribution < -0.4 is 9.62 Å². The Bertz CT molecular complexity index is 1170. The summed E-state index contributed by atoms with van der Waals surface area (Å²) in [4.78, 5) is 12.5. The van der Waals surface area contributed by atoms with Gasteiger partial charge in [0.05, 0.1) is 26.3 Å². The number of hydrogen-bond donors (Lipinski definition) is 1. The first-order valence-electron chi connectivity index (χ1n) is 8.77. The van der Waals surface area contributed by atoms with Crippen molar-refractivity contribution in [3.63, 3.8) is 0 Å². The van der Waals surface area contributed by atoms with E-state index in [2.05, 4.69) is 5.32 Å². The summed E-state index contributed by atoms with van der Waals surface area (Å²) in [6.45, 7) is 1.34. The van der Waals surface area contributed by atoms with Gasteiger partial charge in [0.1, 0.15) is 12.4 Å². The maximum Gasteiger partial charge on any atom is 0.264 e. The number of sulfonamides is 1. The van der Waals surface area contributed by atoms with Gasteiger partial charge in [0, 0.05) is 0 Å². The van der Waals surface area contributed by atoms with E-state index in [1.165, 1.54) is 0 Å². The highest BCUT2D eigenvalue weighted by molar-refractivity contribution is 7.92. The van der Waals surface area contributed by atoms with Crippen molar-refractivity contribution in [2.75, 3.05) is 16.2 Å². The minimum atomic E-state index is -4.14. The lowest BCUT2D eigenvalue weighted by Gasteiger charge is -2.24. The zero-order chi connectivity index (χ0) is 21.9. The van der Waals surface area contributed by atoms with E-state index in [-0.39, 0.29) is 26.3 Å². The van der Waals surface area contributed by atoms with Gasteiger partial charge in [-0.3, -0.25) is 9.10 Å². The van der Waals surface area contributed by atoms with Gasteiger partial charge in [0.15, 0.2) is 0 Å². The highest BCUT2D eigenvalue weighted by atomic mass is 35.5. The first-order valence-corrected chi connectivity index (χ1v) is 11.0. The average Bonchev–Trinajstić information content (AvgIpc) is 2.71. The van der Waals surface area contributed by atoms with Crippen molar-refractivity contribution in [2.45, 2.75) is 11.8 Å². The number of nitrogens with one attached hydrogen (secondary N) is 1. The van der Waals surface area contributed by atoms with E-state index in [1.54, 1.807) is 42.5 Å². The van der Waals surface area contributed by atoms with Crippen molar-refractivity contribution in [1.82, 2.24) is 0 Å². The molecular weight excluding hydrogens is 450 g/mol. The standard InChI is InChI=1S/C21H17Cl2FN2O3S/c1-14-5-9-16(10-6-14)26(30(28,29)17-11-7-15(24)8-12-17)13-20(27)25-19-4-2-3-18(22)21(19)23/h2-12H,13H2,1H3,(H,25,27). The molecule has 0 heterocycles. The number of aryl methyl sites for hydroxylation is 1. The SMILES string of the molecule is Cc1ccc(N(CC(=O)Nc2cccc(Cl)c2Cl)S(=O)(=O)c2ccc(F)cc2)cc1. The molecule has 0 saturated carbocycles. The molecular formula is C21H17Cl2FN2O3S. The van der Waals surface area contributed by atoms with Crippen molar-refractivity contribution in [3.8, 4) is 0 Å². The summed E-state index contributed by atoms with van der Waals surface area (Å²) >= 11 is 12.1. The van der Waals surface area contributed by atoms with E-state index in [1.807, 2.05) is 6.92 Å². The number of benzene rings is 3. The molecule has 1 amide bonds. The Morgan fingerprint density at radius 2 is 1.63 bits per heavy atom. The zero-order valence-electron chi connectivity index (χ0n) is 15.8. The fraction of sp³-hybridized carbons (Fsp3) is 0.0952. The van der Waals surface area contributed by atoms with Crippen molar-refractivity contribution in [1.29, 1.82) is 0 Å². The molecule has 30 heavy (non-hydrogen) atoms. The molecule has 1 N–H and O–H groups in total. The van der Waals surface area contributed by atoms with Crippen LogP contribution in [0.1, 0.15) is 5.56 Å². The maximum absolute atomic E-state index is 13.3. The number of carbonyl (C=O) groups is 1. The monoisotopic (exact) mass is 466 g/mol. The second kappa shape index (κ2) is 9.04. The molecule has 0 saturated heterocycles. The molecule has 0 fully saturated rings. The molecule has 0 aliphatic rings. The summed E-state index contributed by atoms with van der Waals surface area (Å²) in [5, 5.41) is 2.98. The largest absolute Gasteiger partial charge is 0.323 e. The van der Waals surface area contributed by atoms with Crippen molar-refractivity contribution < 1.29 is 17.6 Å². The number of amides is 1. The third-order valence-electron chi connectivity index (χ3n) is 4.24. The van der Waals surface area contributed by atoms with Crippen LogP contribution in [0.25, 0.3) is 0 Å². The van der Waals surface area contributed by atoms with E-state index in [9.17, 15) is 17.6 Å². The summed E-state index contributed by atoms with van der Waals surface area (Å²) in [7, 11) is -4.14. The Kier molecular flexibility index (Phi) is 6.65. The van der Waals surface area contributed by atoms with Gasteiger partial charge >= 0.3 is 0 Å². The second-order valence-corrected chi connectivity index (χ2v) is 9.10. The molecule has 0 bridgehead atoms. The molecule has 0 radical (unpaired) electrons. The Morgan fingerprint density at radius 1 is 1.00 bits per heavy atom. The molecule has 9 heteroatoms.